The maximum atomic E-state index is 14.3. The SMILES string of the molecule is O=C(Nc1ccc(SC(C(=O)Nc2ccc(Br)cc2F)c2ccccc2)cc1)c1cccc(Cl)c1. The van der Waals surface area contributed by atoms with Gasteiger partial charge in [0.2, 0.25) is 5.91 Å². The lowest BCUT2D eigenvalue weighted by Crippen LogP contribution is -2.19. The van der Waals surface area contributed by atoms with Crippen molar-refractivity contribution in [2.24, 2.45) is 0 Å². The molecule has 35 heavy (non-hydrogen) atoms. The number of halogens is 3. The van der Waals surface area contributed by atoms with E-state index in [-0.39, 0.29) is 17.5 Å². The Morgan fingerprint density at radius 1 is 0.857 bits per heavy atom. The van der Waals surface area contributed by atoms with E-state index >= 15 is 0 Å². The van der Waals surface area contributed by atoms with Crippen molar-refractivity contribution in [3.8, 4) is 0 Å². The third-order valence-electron chi connectivity index (χ3n) is 4.98. The Hall–Kier alpha value is -3.13. The molecule has 0 aliphatic rings. The third kappa shape index (κ3) is 6.72. The van der Waals surface area contributed by atoms with Gasteiger partial charge in [0.05, 0.1) is 5.69 Å². The number of hydrogen-bond acceptors (Lipinski definition) is 3. The van der Waals surface area contributed by atoms with Gasteiger partial charge in [0.1, 0.15) is 11.1 Å². The van der Waals surface area contributed by atoms with Crippen molar-refractivity contribution in [2.45, 2.75) is 10.1 Å². The highest BCUT2D eigenvalue weighted by molar-refractivity contribution is 9.10. The quantitative estimate of drug-likeness (QED) is 0.222. The summed E-state index contributed by atoms with van der Waals surface area (Å²) in [6.07, 6.45) is 0. The molecular formula is C27H19BrClFN2O2S. The molecule has 4 aromatic carbocycles. The van der Waals surface area contributed by atoms with E-state index < -0.39 is 11.1 Å². The molecule has 0 radical (unpaired) electrons. The van der Waals surface area contributed by atoms with Crippen LogP contribution in [0.2, 0.25) is 5.02 Å². The highest BCUT2D eigenvalue weighted by Gasteiger charge is 2.23. The number of hydrogen-bond donors (Lipinski definition) is 2. The van der Waals surface area contributed by atoms with Crippen molar-refractivity contribution >= 4 is 62.5 Å². The van der Waals surface area contributed by atoms with Gasteiger partial charge in [-0.25, -0.2) is 4.39 Å². The van der Waals surface area contributed by atoms with E-state index in [1.165, 1.54) is 23.9 Å². The molecule has 1 unspecified atom stereocenters. The molecule has 0 bridgehead atoms. The first-order valence-corrected chi connectivity index (χ1v) is 12.6. The molecule has 8 heteroatoms. The van der Waals surface area contributed by atoms with Crippen LogP contribution in [0.25, 0.3) is 0 Å². The van der Waals surface area contributed by atoms with Crippen LogP contribution >= 0.6 is 39.3 Å². The highest BCUT2D eigenvalue weighted by Crippen LogP contribution is 2.37. The van der Waals surface area contributed by atoms with Crippen LogP contribution in [-0.4, -0.2) is 11.8 Å². The first-order chi connectivity index (χ1) is 16.9. The molecule has 2 N–H and O–H groups in total. The van der Waals surface area contributed by atoms with Gasteiger partial charge in [0.15, 0.2) is 0 Å². The molecule has 0 saturated carbocycles. The molecule has 2 amide bonds. The molecule has 4 aromatic rings. The van der Waals surface area contributed by atoms with E-state index in [1.807, 2.05) is 42.5 Å². The number of anilines is 2. The van der Waals surface area contributed by atoms with Gasteiger partial charge in [-0.05, 0) is 66.2 Å². The largest absolute Gasteiger partial charge is 0.322 e. The van der Waals surface area contributed by atoms with Gasteiger partial charge in [0, 0.05) is 25.6 Å². The summed E-state index contributed by atoms with van der Waals surface area (Å²) in [5.74, 6) is -1.14. The minimum atomic E-state index is -0.619. The van der Waals surface area contributed by atoms with Crippen molar-refractivity contribution in [1.29, 1.82) is 0 Å². The lowest BCUT2D eigenvalue weighted by atomic mass is 10.1. The standard InChI is InChI=1S/C27H19BrClFN2O2S/c28-19-9-14-24(23(30)16-19)32-27(34)25(17-5-2-1-3-6-17)35-22-12-10-21(11-13-22)31-26(33)18-7-4-8-20(29)15-18/h1-16,25H,(H,31,33)(H,32,34). The second kappa shape index (κ2) is 11.5. The maximum Gasteiger partial charge on any atom is 0.255 e. The summed E-state index contributed by atoms with van der Waals surface area (Å²) in [5.41, 5.74) is 1.96. The van der Waals surface area contributed by atoms with E-state index in [0.29, 0.717) is 20.7 Å². The second-order valence-corrected chi connectivity index (χ2v) is 10.0. The Morgan fingerprint density at radius 2 is 1.60 bits per heavy atom. The van der Waals surface area contributed by atoms with Crippen molar-refractivity contribution in [2.75, 3.05) is 10.6 Å². The predicted octanol–water partition coefficient (Wildman–Crippen LogP) is 7.97. The number of thioether (sulfide) groups is 1. The number of benzene rings is 4. The molecule has 0 heterocycles. The van der Waals surface area contributed by atoms with Crippen LogP contribution in [-0.2, 0) is 4.79 Å². The Kier molecular flexibility index (Phi) is 8.23. The molecule has 0 aromatic heterocycles. The smallest absolute Gasteiger partial charge is 0.255 e. The summed E-state index contributed by atoms with van der Waals surface area (Å²) >= 11 is 10.5. The fraction of sp³-hybridized carbons (Fsp3) is 0.0370. The average molecular weight is 570 g/mol. The van der Waals surface area contributed by atoms with Crippen molar-refractivity contribution in [3.63, 3.8) is 0 Å². The summed E-state index contributed by atoms with van der Waals surface area (Å²) in [5, 5.41) is 5.39. The summed E-state index contributed by atoms with van der Waals surface area (Å²) in [6.45, 7) is 0. The minimum absolute atomic E-state index is 0.110. The number of nitrogens with one attached hydrogen (secondary N) is 2. The van der Waals surface area contributed by atoms with Gasteiger partial charge in [-0.15, -0.1) is 11.8 Å². The van der Waals surface area contributed by atoms with E-state index in [0.717, 1.165) is 10.5 Å². The van der Waals surface area contributed by atoms with Gasteiger partial charge < -0.3 is 10.6 Å². The van der Waals surface area contributed by atoms with E-state index in [9.17, 15) is 14.0 Å². The summed E-state index contributed by atoms with van der Waals surface area (Å²) in [4.78, 5) is 26.4. The first-order valence-electron chi connectivity index (χ1n) is 10.5. The molecule has 4 nitrogen and oxygen atoms in total. The zero-order valence-corrected chi connectivity index (χ0v) is 21.3. The first kappa shape index (κ1) is 25.0. The Bertz CT molecular complexity index is 1350. The maximum absolute atomic E-state index is 14.3. The molecule has 0 spiro atoms. The van der Waals surface area contributed by atoms with Crippen molar-refractivity contribution in [3.05, 3.63) is 124 Å². The highest BCUT2D eigenvalue weighted by atomic mass is 79.9. The van der Waals surface area contributed by atoms with E-state index in [2.05, 4.69) is 26.6 Å². The molecule has 0 saturated heterocycles. The number of carbonyl (C=O) groups is 2. The van der Waals surface area contributed by atoms with Crippen molar-refractivity contribution < 1.29 is 14.0 Å². The van der Waals surface area contributed by atoms with Crippen LogP contribution < -0.4 is 10.6 Å². The molecule has 0 fully saturated rings. The van der Waals surface area contributed by atoms with Gasteiger partial charge in [-0.1, -0.05) is 63.9 Å². The monoisotopic (exact) mass is 568 g/mol. The Balaban J connectivity index is 1.50. The minimum Gasteiger partial charge on any atom is -0.322 e. The number of amides is 2. The van der Waals surface area contributed by atoms with Gasteiger partial charge >= 0.3 is 0 Å². The fourth-order valence-electron chi connectivity index (χ4n) is 3.28. The zero-order chi connectivity index (χ0) is 24.8. The predicted molar refractivity (Wildman–Crippen MR) is 144 cm³/mol. The lowest BCUT2D eigenvalue weighted by molar-refractivity contribution is -0.115. The van der Waals surface area contributed by atoms with Gasteiger partial charge in [-0.3, -0.25) is 9.59 Å². The van der Waals surface area contributed by atoms with Crippen LogP contribution in [0.5, 0.6) is 0 Å². The second-order valence-electron chi connectivity index (χ2n) is 7.51. The lowest BCUT2D eigenvalue weighted by Gasteiger charge is -2.18. The molecule has 4 rings (SSSR count). The molecule has 0 aliphatic carbocycles. The van der Waals surface area contributed by atoms with Crippen LogP contribution in [0.3, 0.4) is 0 Å². The number of rotatable bonds is 7. The summed E-state index contributed by atoms with van der Waals surface area (Å²) in [6, 6.07) is 27.6. The van der Waals surface area contributed by atoms with Gasteiger partial charge in [0.25, 0.3) is 5.91 Å². The molecule has 176 valence electrons. The van der Waals surface area contributed by atoms with Gasteiger partial charge in [-0.2, -0.15) is 0 Å². The van der Waals surface area contributed by atoms with Crippen LogP contribution in [0.4, 0.5) is 15.8 Å². The number of carbonyl (C=O) groups excluding carboxylic acids is 2. The van der Waals surface area contributed by atoms with Crippen LogP contribution in [0, 0.1) is 5.82 Å². The Morgan fingerprint density at radius 3 is 2.29 bits per heavy atom. The third-order valence-corrected chi connectivity index (χ3v) is 6.98. The van der Waals surface area contributed by atoms with E-state index in [1.54, 1.807) is 42.5 Å². The van der Waals surface area contributed by atoms with Crippen molar-refractivity contribution in [1.82, 2.24) is 0 Å². The molecule has 0 aliphatic heterocycles. The fourth-order valence-corrected chi connectivity index (χ4v) is 4.82. The Labute approximate surface area is 220 Å². The molecular weight excluding hydrogens is 551 g/mol. The normalized spacial score (nSPS) is 11.5. The topological polar surface area (TPSA) is 58.2 Å². The summed E-state index contributed by atoms with van der Waals surface area (Å²) < 4.78 is 14.9. The molecule has 1 atom stereocenters. The summed E-state index contributed by atoms with van der Waals surface area (Å²) in [7, 11) is 0. The van der Waals surface area contributed by atoms with Crippen LogP contribution in [0.15, 0.2) is 106 Å². The average Bonchev–Trinajstić information content (AvgIpc) is 2.85. The van der Waals surface area contributed by atoms with Crippen LogP contribution in [0.1, 0.15) is 21.2 Å². The zero-order valence-electron chi connectivity index (χ0n) is 18.2. The van der Waals surface area contributed by atoms with E-state index in [4.69, 9.17) is 11.6 Å².